The van der Waals surface area contributed by atoms with Crippen LogP contribution in [0.25, 0.3) is 0 Å². The number of thiazole rings is 1. The molecule has 3 rings (SSSR count). The third kappa shape index (κ3) is 6.09. The number of nitrogens with zero attached hydrogens (tertiary/aromatic N) is 3. The molecule has 2 fully saturated rings. The molecule has 0 saturated heterocycles. The zero-order chi connectivity index (χ0) is 19.9. The summed E-state index contributed by atoms with van der Waals surface area (Å²) in [5.41, 5.74) is 0. The summed E-state index contributed by atoms with van der Waals surface area (Å²) in [5, 5.41) is 12.5. The molecule has 0 spiro atoms. The summed E-state index contributed by atoms with van der Waals surface area (Å²) in [7, 11) is 1.73. The number of hydrogen-bond donors (Lipinski definition) is 2. The van der Waals surface area contributed by atoms with E-state index in [1.807, 2.05) is 0 Å². The third-order valence-corrected chi connectivity index (χ3v) is 7.38. The van der Waals surface area contributed by atoms with Crippen LogP contribution in [0.4, 0.5) is 9.93 Å². The lowest BCUT2D eigenvalue weighted by Gasteiger charge is -2.41. The van der Waals surface area contributed by atoms with Crippen LogP contribution in [0.2, 0.25) is 0 Å². The number of aliphatic carboxylic acids is 1. The smallest absolute Gasteiger partial charge is 0.324 e. The fourth-order valence-corrected chi connectivity index (χ4v) is 6.13. The van der Waals surface area contributed by atoms with Gasteiger partial charge >= 0.3 is 12.0 Å². The minimum Gasteiger partial charge on any atom is -0.480 e. The van der Waals surface area contributed by atoms with Crippen molar-refractivity contribution in [3.8, 4) is 0 Å². The summed E-state index contributed by atoms with van der Waals surface area (Å²) in [5.74, 6) is -0.872. The van der Waals surface area contributed by atoms with Gasteiger partial charge in [0.15, 0.2) is 5.13 Å². The molecule has 28 heavy (non-hydrogen) atoms. The molecule has 0 aliphatic heterocycles. The molecule has 2 saturated carbocycles. The van der Waals surface area contributed by atoms with Gasteiger partial charge in [-0.1, -0.05) is 49.9 Å². The Morgan fingerprint density at radius 2 is 1.71 bits per heavy atom. The molecule has 0 bridgehead atoms. The molecule has 1 aromatic rings. The summed E-state index contributed by atoms with van der Waals surface area (Å²) >= 11 is 2.71. The number of amides is 2. The second-order valence-electron chi connectivity index (χ2n) is 7.68. The molecule has 1 aromatic heterocycles. The van der Waals surface area contributed by atoms with E-state index in [9.17, 15) is 9.59 Å². The summed E-state index contributed by atoms with van der Waals surface area (Å²) in [4.78, 5) is 30.4. The van der Waals surface area contributed by atoms with Gasteiger partial charge < -0.3 is 10.0 Å². The first-order valence-electron chi connectivity index (χ1n) is 10.2. The largest absolute Gasteiger partial charge is 0.480 e. The highest BCUT2D eigenvalue weighted by Gasteiger charge is 2.32. The predicted molar refractivity (Wildman–Crippen MR) is 113 cm³/mol. The van der Waals surface area contributed by atoms with Crippen molar-refractivity contribution >= 4 is 40.4 Å². The average Bonchev–Trinajstić information content (AvgIpc) is 3.09. The van der Waals surface area contributed by atoms with Crippen LogP contribution in [-0.4, -0.2) is 57.0 Å². The second kappa shape index (κ2) is 10.5. The van der Waals surface area contributed by atoms with E-state index < -0.39 is 5.97 Å². The summed E-state index contributed by atoms with van der Waals surface area (Å²) in [6.07, 6.45) is 13.4. The minimum absolute atomic E-state index is 0.0245. The molecule has 2 aliphatic carbocycles. The van der Waals surface area contributed by atoms with Crippen molar-refractivity contribution in [2.24, 2.45) is 0 Å². The number of carbonyl (C=O) groups excluding carboxylic acids is 1. The Morgan fingerprint density at radius 1 is 1.14 bits per heavy atom. The molecule has 0 atom stereocenters. The van der Waals surface area contributed by atoms with E-state index in [1.54, 1.807) is 17.5 Å². The Balaban J connectivity index is 1.63. The molecular weight excluding hydrogens is 396 g/mol. The maximum Gasteiger partial charge on any atom is 0.324 e. The van der Waals surface area contributed by atoms with Crippen molar-refractivity contribution in [1.29, 1.82) is 0 Å². The Morgan fingerprint density at radius 3 is 2.25 bits per heavy atom. The topological polar surface area (TPSA) is 85.8 Å². The maximum atomic E-state index is 13.2. The van der Waals surface area contributed by atoms with Gasteiger partial charge in [-0.05, 0) is 44.7 Å². The maximum absolute atomic E-state index is 13.2. The van der Waals surface area contributed by atoms with Gasteiger partial charge in [-0.25, -0.2) is 14.1 Å². The van der Waals surface area contributed by atoms with E-state index in [1.165, 1.54) is 61.8 Å². The van der Waals surface area contributed by atoms with E-state index in [-0.39, 0.29) is 12.6 Å². The Bertz CT molecular complexity index is 639. The van der Waals surface area contributed by atoms with Gasteiger partial charge in [0.1, 0.15) is 6.54 Å². The van der Waals surface area contributed by atoms with E-state index >= 15 is 0 Å². The van der Waals surface area contributed by atoms with Gasteiger partial charge in [-0.15, -0.1) is 0 Å². The third-order valence-electron chi connectivity index (χ3n) is 5.47. The second-order valence-corrected chi connectivity index (χ2v) is 10.2. The van der Waals surface area contributed by atoms with E-state index in [0.29, 0.717) is 17.2 Å². The molecular formula is C19H30N4O3S2. The van der Waals surface area contributed by atoms with Gasteiger partial charge in [-0.3, -0.25) is 10.1 Å². The quantitative estimate of drug-likeness (QED) is 0.617. The number of anilines is 1. The number of nitrogens with one attached hydrogen (secondary N) is 1. The van der Waals surface area contributed by atoms with Crippen molar-refractivity contribution in [3.05, 3.63) is 6.20 Å². The van der Waals surface area contributed by atoms with Crippen LogP contribution >= 0.6 is 23.3 Å². The molecule has 0 unspecified atom stereocenters. The molecule has 0 radical (unpaired) electrons. The van der Waals surface area contributed by atoms with Gasteiger partial charge in [0.05, 0.1) is 10.4 Å². The predicted octanol–water partition coefficient (Wildman–Crippen LogP) is 4.67. The number of urea groups is 1. The van der Waals surface area contributed by atoms with Crippen LogP contribution in [0, 0.1) is 0 Å². The average molecular weight is 427 g/mol. The Hall–Kier alpha value is -1.32. The first kappa shape index (κ1) is 21.4. The van der Waals surface area contributed by atoms with Crippen LogP contribution in [0.1, 0.15) is 64.2 Å². The zero-order valence-electron chi connectivity index (χ0n) is 16.4. The van der Waals surface area contributed by atoms with Crippen LogP contribution in [0.5, 0.6) is 0 Å². The molecule has 1 heterocycles. The molecule has 156 valence electrons. The normalized spacial score (nSPS) is 18.9. The van der Waals surface area contributed by atoms with E-state index in [0.717, 1.165) is 29.9 Å². The van der Waals surface area contributed by atoms with Gasteiger partial charge in [0, 0.05) is 12.1 Å². The van der Waals surface area contributed by atoms with Crippen LogP contribution in [-0.2, 0) is 4.79 Å². The molecule has 0 aromatic carbocycles. The van der Waals surface area contributed by atoms with Crippen molar-refractivity contribution in [1.82, 2.24) is 14.2 Å². The number of carbonyl (C=O) groups is 2. The molecule has 7 nitrogen and oxygen atoms in total. The van der Waals surface area contributed by atoms with Crippen molar-refractivity contribution in [2.45, 2.75) is 80.5 Å². The lowest BCUT2D eigenvalue weighted by Crippen LogP contribution is -2.50. The molecule has 9 heteroatoms. The number of rotatable bonds is 7. The van der Waals surface area contributed by atoms with Crippen LogP contribution < -0.4 is 5.32 Å². The van der Waals surface area contributed by atoms with Crippen molar-refractivity contribution in [2.75, 3.05) is 18.9 Å². The van der Waals surface area contributed by atoms with Crippen molar-refractivity contribution in [3.63, 3.8) is 0 Å². The zero-order valence-corrected chi connectivity index (χ0v) is 18.1. The summed E-state index contributed by atoms with van der Waals surface area (Å²) in [6, 6.07) is 0.656. The lowest BCUT2D eigenvalue weighted by molar-refractivity contribution is -0.136. The van der Waals surface area contributed by atoms with Gasteiger partial charge in [0.2, 0.25) is 0 Å². The summed E-state index contributed by atoms with van der Waals surface area (Å²) in [6.45, 7) is -0.0542. The monoisotopic (exact) mass is 426 g/mol. The number of carboxylic acid groups (broad SMARTS) is 1. The van der Waals surface area contributed by atoms with Crippen LogP contribution in [0.3, 0.4) is 0 Å². The lowest BCUT2D eigenvalue weighted by atomic mass is 9.89. The standard InChI is InChI=1S/C19H30N4O3S2/c1-22(13-16(24)25)28-17-12-20-18(27-17)21-19(26)23(14-8-4-2-5-9-14)15-10-6-3-7-11-15/h12,14-15H,2-11,13H2,1H3,(H,24,25)(H,20,21,26). The summed E-state index contributed by atoms with van der Waals surface area (Å²) < 4.78 is 2.50. The van der Waals surface area contributed by atoms with Crippen LogP contribution in [0.15, 0.2) is 10.4 Å². The first-order chi connectivity index (χ1) is 13.5. The highest BCUT2D eigenvalue weighted by molar-refractivity contribution is 7.99. The number of aromatic nitrogens is 1. The fourth-order valence-electron chi connectivity index (χ4n) is 4.24. The molecule has 2 N–H and O–H groups in total. The Labute approximate surface area is 175 Å². The SMILES string of the molecule is CN(CC(=O)O)Sc1cnc(NC(=O)N(C2CCCCC2)C2CCCCC2)s1. The highest BCUT2D eigenvalue weighted by Crippen LogP contribution is 2.33. The van der Waals surface area contributed by atoms with Crippen molar-refractivity contribution < 1.29 is 14.7 Å². The number of likely N-dealkylation sites (N-methyl/N-ethyl adjacent to an activating group) is 1. The Kier molecular flexibility index (Phi) is 7.99. The van der Waals surface area contributed by atoms with E-state index in [2.05, 4.69) is 15.2 Å². The number of hydrogen-bond acceptors (Lipinski definition) is 6. The fraction of sp³-hybridized carbons (Fsp3) is 0.737. The van der Waals surface area contributed by atoms with Gasteiger partial charge in [0.25, 0.3) is 0 Å². The van der Waals surface area contributed by atoms with E-state index in [4.69, 9.17) is 5.11 Å². The highest BCUT2D eigenvalue weighted by atomic mass is 32.2. The first-order valence-corrected chi connectivity index (χ1v) is 11.8. The number of carboxylic acids is 1. The van der Waals surface area contributed by atoms with Gasteiger partial charge in [-0.2, -0.15) is 0 Å². The molecule has 2 amide bonds. The molecule has 2 aliphatic rings. The minimum atomic E-state index is -0.872.